The molecule has 0 radical (unpaired) electrons. The maximum absolute atomic E-state index is 4.74. The summed E-state index contributed by atoms with van der Waals surface area (Å²) in [5, 5.41) is 8.72. The summed E-state index contributed by atoms with van der Waals surface area (Å²) >= 11 is 1.66. The van der Waals surface area contributed by atoms with Crippen LogP contribution in [0.15, 0.2) is 46.7 Å². The summed E-state index contributed by atoms with van der Waals surface area (Å²) in [7, 11) is 1.93. The first kappa shape index (κ1) is 14.2. The molecule has 3 rings (SSSR count). The molecule has 3 aromatic heterocycles. The number of nitrogens with zero attached hydrogens (tertiary/aromatic N) is 4. The molecule has 110 valence electrons. The van der Waals surface area contributed by atoms with Gasteiger partial charge >= 0.3 is 0 Å². The molecule has 0 aliphatic carbocycles. The highest BCUT2D eigenvalue weighted by Gasteiger charge is 2.13. The van der Waals surface area contributed by atoms with Gasteiger partial charge in [0.1, 0.15) is 10.7 Å². The highest BCUT2D eigenvalue weighted by Crippen LogP contribution is 2.30. The zero-order valence-corrected chi connectivity index (χ0v) is 13.1. The molecule has 0 saturated heterocycles. The van der Waals surface area contributed by atoms with E-state index in [-0.39, 0.29) is 0 Å². The van der Waals surface area contributed by atoms with Gasteiger partial charge < -0.3 is 9.72 Å². The highest BCUT2D eigenvalue weighted by molar-refractivity contribution is 7.99. The molecule has 0 unspecified atom stereocenters. The van der Waals surface area contributed by atoms with Crippen molar-refractivity contribution in [2.75, 3.05) is 6.54 Å². The monoisotopic (exact) mass is 301 g/mol. The highest BCUT2D eigenvalue weighted by atomic mass is 32.2. The van der Waals surface area contributed by atoms with Gasteiger partial charge in [-0.15, -0.1) is 0 Å². The van der Waals surface area contributed by atoms with E-state index < -0.39 is 0 Å². The Hall–Kier alpha value is -1.79. The van der Waals surface area contributed by atoms with Crippen molar-refractivity contribution in [2.45, 2.75) is 29.8 Å². The van der Waals surface area contributed by atoms with Crippen LogP contribution in [0.3, 0.4) is 0 Å². The molecule has 0 amide bonds. The van der Waals surface area contributed by atoms with Crippen LogP contribution in [-0.2, 0) is 13.6 Å². The number of aromatic nitrogens is 4. The molecule has 21 heavy (non-hydrogen) atoms. The Morgan fingerprint density at radius 2 is 2.24 bits per heavy atom. The summed E-state index contributed by atoms with van der Waals surface area (Å²) in [5.74, 6) is 0. The minimum absolute atomic E-state index is 0.821. The van der Waals surface area contributed by atoms with E-state index in [1.807, 2.05) is 42.3 Å². The van der Waals surface area contributed by atoms with E-state index in [0.717, 1.165) is 35.1 Å². The predicted octanol–water partition coefficient (Wildman–Crippen LogP) is 2.72. The van der Waals surface area contributed by atoms with Gasteiger partial charge in [-0.25, -0.2) is 4.98 Å². The summed E-state index contributed by atoms with van der Waals surface area (Å²) in [6, 6.07) is 6.09. The molecule has 0 aliphatic heterocycles. The molecule has 3 aromatic rings. The molecule has 0 aliphatic rings. The van der Waals surface area contributed by atoms with E-state index in [0.29, 0.717) is 0 Å². The van der Waals surface area contributed by atoms with Crippen LogP contribution >= 0.6 is 11.8 Å². The normalized spacial score (nSPS) is 11.3. The van der Waals surface area contributed by atoms with Crippen LogP contribution in [0.4, 0.5) is 0 Å². The zero-order valence-electron chi connectivity index (χ0n) is 12.3. The van der Waals surface area contributed by atoms with Gasteiger partial charge in [0.05, 0.1) is 16.8 Å². The predicted molar refractivity (Wildman–Crippen MR) is 84.5 cm³/mol. The fourth-order valence-electron chi connectivity index (χ4n) is 2.21. The molecule has 6 heteroatoms. The molecule has 1 N–H and O–H groups in total. The average molecular weight is 301 g/mol. The van der Waals surface area contributed by atoms with Gasteiger partial charge in [0.2, 0.25) is 0 Å². The van der Waals surface area contributed by atoms with Gasteiger partial charge in [0, 0.05) is 26.0 Å². The molecule has 0 saturated carbocycles. The van der Waals surface area contributed by atoms with Crippen molar-refractivity contribution in [3.63, 3.8) is 0 Å². The maximum Gasteiger partial charge on any atom is 0.138 e. The number of hydrogen-bond donors (Lipinski definition) is 1. The second kappa shape index (κ2) is 6.32. The minimum atomic E-state index is 0.821. The first-order chi connectivity index (χ1) is 10.3. The molecule has 0 atom stereocenters. The lowest BCUT2D eigenvalue weighted by Gasteiger charge is -2.05. The number of hydrogen-bond acceptors (Lipinski definition) is 4. The van der Waals surface area contributed by atoms with Crippen LogP contribution in [0.5, 0.6) is 0 Å². The zero-order chi connectivity index (χ0) is 14.7. The van der Waals surface area contributed by atoms with Crippen molar-refractivity contribution >= 4 is 17.4 Å². The summed E-state index contributed by atoms with van der Waals surface area (Å²) in [5.41, 5.74) is 2.19. The number of rotatable bonds is 6. The summed E-state index contributed by atoms with van der Waals surface area (Å²) < 4.78 is 3.97. The van der Waals surface area contributed by atoms with Crippen LogP contribution in [0, 0.1) is 0 Å². The smallest absolute Gasteiger partial charge is 0.138 e. The second-order valence-electron chi connectivity index (χ2n) is 4.92. The Kier molecular flexibility index (Phi) is 4.26. The number of imidazole rings is 1. The fraction of sp³-hybridized carbons (Fsp3) is 0.333. The van der Waals surface area contributed by atoms with E-state index in [4.69, 9.17) is 4.98 Å². The number of nitrogens with one attached hydrogen (secondary N) is 1. The maximum atomic E-state index is 4.74. The van der Waals surface area contributed by atoms with Crippen LogP contribution in [-0.4, -0.2) is 25.7 Å². The summed E-state index contributed by atoms with van der Waals surface area (Å²) in [6.07, 6.45) is 7.08. The van der Waals surface area contributed by atoms with Crippen molar-refractivity contribution in [3.8, 4) is 0 Å². The minimum Gasteiger partial charge on any atom is -0.311 e. The van der Waals surface area contributed by atoms with Crippen LogP contribution in [0.1, 0.15) is 19.0 Å². The third-order valence-electron chi connectivity index (χ3n) is 3.21. The second-order valence-corrected chi connectivity index (χ2v) is 5.98. The standard InChI is InChI=1S/C15H19N5S/c1-3-7-16-10-13-15(21-12-9-17-19(2)11-12)18-14-6-4-5-8-20(13)14/h4-6,8-9,11,16H,3,7,10H2,1-2H3. The third kappa shape index (κ3) is 3.11. The van der Waals surface area contributed by atoms with Crippen LogP contribution < -0.4 is 5.32 Å². The number of fused-ring (bicyclic) bond motifs is 1. The molecule has 0 spiro atoms. The van der Waals surface area contributed by atoms with E-state index >= 15 is 0 Å². The summed E-state index contributed by atoms with van der Waals surface area (Å²) in [4.78, 5) is 5.85. The van der Waals surface area contributed by atoms with E-state index in [1.165, 1.54) is 5.69 Å². The van der Waals surface area contributed by atoms with Gasteiger partial charge in [-0.2, -0.15) is 5.10 Å². The molecule has 0 fully saturated rings. The van der Waals surface area contributed by atoms with Crippen molar-refractivity contribution in [1.82, 2.24) is 24.5 Å². The molecule has 3 heterocycles. The Bertz CT molecular complexity index is 731. The average Bonchev–Trinajstić information content (AvgIpc) is 3.04. The molecular formula is C15H19N5S. The topological polar surface area (TPSA) is 47.2 Å². The lowest BCUT2D eigenvalue weighted by Crippen LogP contribution is -2.15. The van der Waals surface area contributed by atoms with E-state index in [9.17, 15) is 0 Å². The third-order valence-corrected chi connectivity index (χ3v) is 4.17. The molecule has 0 aromatic carbocycles. The molecule has 5 nitrogen and oxygen atoms in total. The SMILES string of the molecule is CCCNCc1c(Sc2cnn(C)c2)nc2ccccn12. The first-order valence-corrected chi connectivity index (χ1v) is 7.92. The summed E-state index contributed by atoms with van der Waals surface area (Å²) in [6.45, 7) is 4.01. The van der Waals surface area contributed by atoms with Crippen molar-refractivity contribution in [2.24, 2.45) is 7.05 Å². The van der Waals surface area contributed by atoms with Gasteiger partial charge in [-0.05, 0) is 25.1 Å². The number of aryl methyl sites for hydroxylation is 1. The Balaban J connectivity index is 1.93. The number of pyridine rings is 1. The van der Waals surface area contributed by atoms with Gasteiger partial charge in [-0.3, -0.25) is 4.68 Å². The fourth-order valence-corrected chi connectivity index (χ4v) is 3.17. The van der Waals surface area contributed by atoms with Gasteiger partial charge in [-0.1, -0.05) is 24.8 Å². The quantitative estimate of drug-likeness (QED) is 0.711. The van der Waals surface area contributed by atoms with Crippen molar-refractivity contribution in [3.05, 3.63) is 42.5 Å². The van der Waals surface area contributed by atoms with E-state index in [2.05, 4.69) is 27.9 Å². The lowest BCUT2D eigenvalue weighted by atomic mass is 10.4. The van der Waals surface area contributed by atoms with E-state index in [1.54, 1.807) is 11.8 Å². The Morgan fingerprint density at radius 1 is 1.33 bits per heavy atom. The molecule has 0 bridgehead atoms. The molecular weight excluding hydrogens is 282 g/mol. The first-order valence-electron chi connectivity index (χ1n) is 7.11. The Labute approximate surface area is 128 Å². The van der Waals surface area contributed by atoms with Gasteiger partial charge in [0.15, 0.2) is 0 Å². The Morgan fingerprint density at radius 3 is 3.00 bits per heavy atom. The van der Waals surface area contributed by atoms with Crippen molar-refractivity contribution in [1.29, 1.82) is 0 Å². The van der Waals surface area contributed by atoms with Crippen LogP contribution in [0.2, 0.25) is 0 Å². The van der Waals surface area contributed by atoms with Crippen LogP contribution in [0.25, 0.3) is 5.65 Å². The lowest BCUT2D eigenvalue weighted by molar-refractivity contribution is 0.652. The largest absolute Gasteiger partial charge is 0.311 e. The van der Waals surface area contributed by atoms with Crippen molar-refractivity contribution < 1.29 is 0 Å². The van der Waals surface area contributed by atoms with Gasteiger partial charge in [0.25, 0.3) is 0 Å².